The van der Waals surface area contributed by atoms with E-state index in [0.717, 1.165) is 15.7 Å². The Hall–Kier alpha value is -2.25. The molecule has 2 aromatic carbocycles. The van der Waals surface area contributed by atoms with E-state index in [2.05, 4.69) is 26.2 Å². The van der Waals surface area contributed by atoms with E-state index in [1.165, 1.54) is 11.8 Å². The van der Waals surface area contributed by atoms with Crippen molar-refractivity contribution in [2.75, 3.05) is 13.7 Å². The Kier molecular flexibility index (Phi) is 6.00. The summed E-state index contributed by atoms with van der Waals surface area (Å²) in [6, 6.07) is 13.2. The van der Waals surface area contributed by atoms with Crippen LogP contribution in [0.1, 0.15) is 12.5 Å². The van der Waals surface area contributed by atoms with Crippen molar-refractivity contribution in [1.82, 2.24) is 5.32 Å². The van der Waals surface area contributed by atoms with Crippen LogP contribution in [0.2, 0.25) is 0 Å². The van der Waals surface area contributed by atoms with E-state index in [-0.39, 0.29) is 5.91 Å². The fraction of sp³-hybridized carbons (Fsp3) is 0.158. The number of benzene rings is 2. The number of aliphatic imine (C=N–C) groups is 1. The fourth-order valence-corrected chi connectivity index (χ4v) is 3.57. The predicted molar refractivity (Wildman–Crippen MR) is 109 cm³/mol. The van der Waals surface area contributed by atoms with Crippen LogP contribution in [0.4, 0.5) is 5.69 Å². The van der Waals surface area contributed by atoms with Crippen LogP contribution in [0.3, 0.4) is 0 Å². The van der Waals surface area contributed by atoms with Crippen molar-refractivity contribution in [1.29, 1.82) is 0 Å². The number of nitrogens with one attached hydrogen (secondary N) is 1. The molecule has 1 fully saturated rings. The van der Waals surface area contributed by atoms with E-state index in [4.69, 9.17) is 9.47 Å². The third-order valence-electron chi connectivity index (χ3n) is 3.48. The molecule has 0 unspecified atom stereocenters. The predicted octanol–water partition coefficient (Wildman–Crippen LogP) is 4.75. The first kappa shape index (κ1) is 18.5. The highest BCUT2D eigenvalue weighted by molar-refractivity contribution is 9.10. The average molecular weight is 433 g/mol. The monoisotopic (exact) mass is 432 g/mol. The molecule has 1 N–H and O–H groups in total. The molecule has 0 radical (unpaired) electrons. The quantitative estimate of drug-likeness (QED) is 0.692. The molecule has 0 spiro atoms. The summed E-state index contributed by atoms with van der Waals surface area (Å²) >= 11 is 4.72. The van der Waals surface area contributed by atoms with Gasteiger partial charge in [0.2, 0.25) is 0 Å². The second kappa shape index (κ2) is 8.42. The van der Waals surface area contributed by atoms with Gasteiger partial charge in [0.05, 0.1) is 24.3 Å². The van der Waals surface area contributed by atoms with Crippen LogP contribution in [-0.2, 0) is 4.79 Å². The van der Waals surface area contributed by atoms with Crippen LogP contribution in [0.5, 0.6) is 11.5 Å². The van der Waals surface area contributed by atoms with Crippen LogP contribution in [0.25, 0.3) is 6.08 Å². The fourth-order valence-electron chi connectivity index (χ4n) is 2.34. The molecule has 134 valence electrons. The molecule has 1 amide bonds. The highest BCUT2D eigenvalue weighted by Crippen LogP contribution is 2.32. The first-order chi connectivity index (χ1) is 12.6. The molecule has 7 heteroatoms. The normalized spacial score (nSPS) is 16.8. The minimum Gasteiger partial charge on any atom is -0.493 e. The van der Waals surface area contributed by atoms with E-state index in [1.54, 1.807) is 7.11 Å². The summed E-state index contributed by atoms with van der Waals surface area (Å²) in [5, 5.41) is 3.34. The molecule has 5 nitrogen and oxygen atoms in total. The summed E-state index contributed by atoms with van der Waals surface area (Å²) in [6.45, 7) is 2.48. The molecule has 1 heterocycles. The van der Waals surface area contributed by atoms with Crippen molar-refractivity contribution in [2.45, 2.75) is 6.92 Å². The number of halogens is 1. The van der Waals surface area contributed by atoms with E-state index >= 15 is 0 Å². The lowest BCUT2D eigenvalue weighted by atomic mass is 10.2. The molecule has 3 rings (SSSR count). The number of methoxy groups -OCH3 is 1. The van der Waals surface area contributed by atoms with Gasteiger partial charge in [0.1, 0.15) is 0 Å². The molecule has 2 aromatic rings. The summed E-state index contributed by atoms with van der Waals surface area (Å²) in [5.41, 5.74) is 1.62. The first-order valence-corrected chi connectivity index (χ1v) is 9.56. The molecule has 0 aromatic heterocycles. The van der Waals surface area contributed by atoms with Gasteiger partial charge in [-0.25, -0.2) is 4.99 Å². The third kappa shape index (κ3) is 4.47. The van der Waals surface area contributed by atoms with Gasteiger partial charge in [0.25, 0.3) is 5.91 Å². The number of ether oxygens (including phenoxy) is 2. The number of thioether (sulfide) groups is 1. The van der Waals surface area contributed by atoms with E-state index in [0.29, 0.717) is 28.2 Å². The van der Waals surface area contributed by atoms with Crippen molar-refractivity contribution in [3.63, 3.8) is 0 Å². The largest absolute Gasteiger partial charge is 0.493 e. The molecule has 0 bridgehead atoms. The Labute approximate surface area is 164 Å². The topological polar surface area (TPSA) is 59.9 Å². The standard InChI is InChI=1S/C19H17BrN2O3S/c1-3-25-15-8-7-12(9-16(15)24-2)10-17-18(23)22-19(26-17)21-14-6-4-5-13(20)11-14/h4-11H,3H2,1-2H3,(H,21,22,23)/b17-10+. The van der Waals surface area contributed by atoms with Crippen molar-refractivity contribution >= 4 is 50.5 Å². The van der Waals surface area contributed by atoms with Gasteiger partial charge in [-0.3, -0.25) is 4.79 Å². The Bertz CT molecular complexity index is 896. The lowest BCUT2D eigenvalue weighted by molar-refractivity contribution is -0.115. The molecule has 1 aliphatic rings. The molecule has 0 aliphatic carbocycles. The summed E-state index contributed by atoms with van der Waals surface area (Å²) < 4.78 is 11.8. The zero-order chi connectivity index (χ0) is 18.5. The summed E-state index contributed by atoms with van der Waals surface area (Å²) in [7, 11) is 1.59. The molecule has 1 aliphatic heterocycles. The van der Waals surface area contributed by atoms with Crippen LogP contribution < -0.4 is 14.8 Å². The van der Waals surface area contributed by atoms with Gasteiger partial charge in [-0.15, -0.1) is 0 Å². The number of amidine groups is 1. The smallest absolute Gasteiger partial charge is 0.264 e. The molecular weight excluding hydrogens is 416 g/mol. The molecule has 1 saturated heterocycles. The molecule has 0 saturated carbocycles. The SMILES string of the molecule is CCOc1ccc(/C=C2/SC(=Nc3cccc(Br)c3)NC2=O)cc1OC. The number of rotatable bonds is 5. The zero-order valence-corrected chi connectivity index (χ0v) is 16.7. The minimum atomic E-state index is -0.170. The van der Waals surface area contributed by atoms with Crippen molar-refractivity contribution in [3.05, 3.63) is 57.4 Å². The second-order valence-electron chi connectivity index (χ2n) is 5.30. The van der Waals surface area contributed by atoms with Crippen LogP contribution in [0, 0.1) is 0 Å². The van der Waals surface area contributed by atoms with Gasteiger partial charge >= 0.3 is 0 Å². The van der Waals surface area contributed by atoms with Crippen LogP contribution in [0.15, 0.2) is 56.8 Å². The average Bonchev–Trinajstić information content (AvgIpc) is 2.95. The third-order valence-corrected chi connectivity index (χ3v) is 4.88. The molecule has 0 atom stereocenters. The van der Waals surface area contributed by atoms with Gasteiger partial charge in [-0.2, -0.15) is 0 Å². The van der Waals surface area contributed by atoms with Crippen molar-refractivity contribution < 1.29 is 14.3 Å². The highest BCUT2D eigenvalue weighted by Gasteiger charge is 2.24. The van der Waals surface area contributed by atoms with Gasteiger partial charge in [0.15, 0.2) is 16.7 Å². The minimum absolute atomic E-state index is 0.170. The number of nitrogens with zero attached hydrogens (tertiary/aromatic N) is 1. The Balaban J connectivity index is 1.82. The Morgan fingerprint density at radius 3 is 2.81 bits per heavy atom. The Morgan fingerprint density at radius 1 is 1.23 bits per heavy atom. The maximum atomic E-state index is 12.2. The lowest BCUT2D eigenvalue weighted by Gasteiger charge is -2.09. The van der Waals surface area contributed by atoms with Crippen molar-refractivity contribution in [3.8, 4) is 11.5 Å². The first-order valence-electron chi connectivity index (χ1n) is 7.95. The van der Waals surface area contributed by atoms with E-state index < -0.39 is 0 Å². The van der Waals surface area contributed by atoms with Crippen molar-refractivity contribution in [2.24, 2.45) is 4.99 Å². The van der Waals surface area contributed by atoms with Gasteiger partial charge < -0.3 is 14.8 Å². The number of hydrogen-bond acceptors (Lipinski definition) is 5. The summed E-state index contributed by atoms with van der Waals surface area (Å²) in [5.74, 6) is 1.14. The van der Waals surface area contributed by atoms with E-state index in [9.17, 15) is 4.79 Å². The van der Waals surface area contributed by atoms with E-state index in [1.807, 2.05) is 55.5 Å². The lowest BCUT2D eigenvalue weighted by Crippen LogP contribution is -2.19. The summed E-state index contributed by atoms with van der Waals surface area (Å²) in [4.78, 5) is 17.3. The van der Waals surface area contributed by atoms with Crippen LogP contribution in [-0.4, -0.2) is 24.8 Å². The summed E-state index contributed by atoms with van der Waals surface area (Å²) in [6.07, 6.45) is 1.81. The van der Waals surface area contributed by atoms with Gasteiger partial charge in [0, 0.05) is 4.47 Å². The second-order valence-corrected chi connectivity index (χ2v) is 7.25. The maximum Gasteiger partial charge on any atom is 0.264 e. The number of hydrogen-bond donors (Lipinski definition) is 1. The Morgan fingerprint density at radius 2 is 2.08 bits per heavy atom. The maximum absolute atomic E-state index is 12.2. The van der Waals surface area contributed by atoms with Gasteiger partial charge in [-0.05, 0) is 60.7 Å². The number of carbonyl (C=O) groups is 1. The zero-order valence-electron chi connectivity index (χ0n) is 14.3. The molecule has 26 heavy (non-hydrogen) atoms. The number of carbonyl (C=O) groups excluding carboxylic acids is 1. The number of amides is 1. The highest BCUT2D eigenvalue weighted by atomic mass is 79.9. The van der Waals surface area contributed by atoms with Crippen LogP contribution >= 0.6 is 27.7 Å². The molecular formula is C19H17BrN2O3S. The van der Waals surface area contributed by atoms with Gasteiger partial charge in [-0.1, -0.05) is 28.1 Å².